The van der Waals surface area contributed by atoms with E-state index in [1.54, 1.807) is 37.7 Å². The highest BCUT2D eigenvalue weighted by Crippen LogP contribution is 2.35. The Morgan fingerprint density at radius 2 is 1.89 bits per heavy atom. The van der Waals surface area contributed by atoms with E-state index in [0.29, 0.717) is 21.8 Å². The summed E-state index contributed by atoms with van der Waals surface area (Å²) in [6, 6.07) is 4.65. The number of carbonyl (C=O) groups excluding carboxylic acids is 1. The van der Waals surface area contributed by atoms with Crippen LogP contribution in [0.4, 0.5) is 25.1 Å². The molecule has 4 rings (SSSR count). The SMILES string of the molecule is CC(C)(C)OC(=O)N(c1cscn1)S(=O)(=O)c1cc(Cl)c(NCc2c(F)ccc3cnn(COCCS(C)(C)C)c23)cc1F. The number of nitrogens with zero attached hydrogens (tertiary/aromatic N) is 4. The number of benzene rings is 2. The minimum atomic E-state index is -4.86. The van der Waals surface area contributed by atoms with Crippen LogP contribution in [-0.2, 0) is 32.8 Å². The molecule has 0 aliphatic rings. The monoisotopic (exact) mass is 689 g/mol. The van der Waals surface area contributed by atoms with Crippen LogP contribution in [0.1, 0.15) is 26.3 Å². The van der Waals surface area contributed by atoms with Gasteiger partial charge in [-0.1, -0.05) is 11.6 Å². The largest absolute Gasteiger partial charge is 0.443 e. The molecule has 16 heteroatoms. The highest BCUT2D eigenvalue weighted by molar-refractivity contribution is 8.32. The number of rotatable bonds is 11. The van der Waals surface area contributed by atoms with Gasteiger partial charge in [-0.2, -0.15) is 5.10 Å². The molecule has 0 fully saturated rings. The highest BCUT2D eigenvalue weighted by atomic mass is 35.5. The van der Waals surface area contributed by atoms with Crippen molar-refractivity contribution in [3.05, 3.63) is 63.6 Å². The number of sulfonamides is 1. The van der Waals surface area contributed by atoms with Gasteiger partial charge in [0.25, 0.3) is 10.0 Å². The molecule has 0 radical (unpaired) electrons. The van der Waals surface area contributed by atoms with Crippen LogP contribution in [0.3, 0.4) is 0 Å². The van der Waals surface area contributed by atoms with Gasteiger partial charge in [0, 0.05) is 28.6 Å². The fourth-order valence-electron chi connectivity index (χ4n) is 4.02. The van der Waals surface area contributed by atoms with Crippen molar-refractivity contribution in [2.75, 3.05) is 40.7 Å². The lowest BCUT2D eigenvalue weighted by Crippen LogP contribution is -2.41. The summed E-state index contributed by atoms with van der Waals surface area (Å²) in [5.74, 6) is -1.08. The van der Waals surface area contributed by atoms with Crippen molar-refractivity contribution >= 4 is 71.5 Å². The summed E-state index contributed by atoms with van der Waals surface area (Å²) < 4.78 is 70.6. The van der Waals surface area contributed by atoms with Crippen LogP contribution in [0.2, 0.25) is 5.02 Å². The minimum absolute atomic E-state index is 0.00691. The van der Waals surface area contributed by atoms with E-state index in [1.165, 1.54) is 17.0 Å². The molecular weight excluding hydrogens is 656 g/mol. The van der Waals surface area contributed by atoms with E-state index in [0.717, 1.165) is 29.2 Å². The Kier molecular flexibility index (Phi) is 10.1. The molecule has 0 spiro atoms. The maximum Gasteiger partial charge on any atom is 0.430 e. The van der Waals surface area contributed by atoms with Gasteiger partial charge in [0.2, 0.25) is 0 Å². The molecule has 10 nitrogen and oxygen atoms in total. The molecule has 240 valence electrons. The lowest BCUT2D eigenvalue weighted by molar-refractivity contribution is 0.0608. The van der Waals surface area contributed by atoms with E-state index in [4.69, 9.17) is 21.1 Å². The number of fused-ring (bicyclic) bond motifs is 1. The second-order valence-corrected chi connectivity index (χ2v) is 19.1. The second kappa shape index (κ2) is 13.2. The Bertz CT molecular complexity index is 1750. The zero-order valence-electron chi connectivity index (χ0n) is 25.1. The summed E-state index contributed by atoms with van der Waals surface area (Å²) in [4.78, 5) is 16.0. The molecule has 44 heavy (non-hydrogen) atoms. The predicted molar refractivity (Wildman–Crippen MR) is 173 cm³/mol. The maximum absolute atomic E-state index is 15.5. The first-order valence-corrected chi connectivity index (χ1v) is 19.0. The molecule has 0 atom stereocenters. The van der Waals surface area contributed by atoms with Gasteiger partial charge in [0.1, 0.15) is 28.9 Å². The fourth-order valence-corrected chi connectivity index (χ4v) is 6.87. The molecule has 0 unspecified atom stereocenters. The van der Waals surface area contributed by atoms with E-state index >= 15 is 8.78 Å². The quantitative estimate of drug-likeness (QED) is 0.170. The number of nitrogens with one attached hydrogen (secondary N) is 1. The number of thiazole rings is 1. The number of aromatic nitrogens is 3. The van der Waals surface area contributed by atoms with Crippen LogP contribution >= 0.6 is 33.0 Å². The van der Waals surface area contributed by atoms with E-state index < -0.39 is 48.3 Å². The zero-order chi connectivity index (χ0) is 32.4. The highest BCUT2D eigenvalue weighted by Gasteiger charge is 2.38. The summed E-state index contributed by atoms with van der Waals surface area (Å²) in [5.41, 5.74) is 1.01. The molecule has 1 amide bonds. The van der Waals surface area contributed by atoms with E-state index in [2.05, 4.69) is 34.2 Å². The smallest absolute Gasteiger partial charge is 0.430 e. The molecule has 2 heterocycles. The Labute approximate surface area is 265 Å². The van der Waals surface area contributed by atoms with Crippen LogP contribution < -0.4 is 9.62 Å². The average Bonchev–Trinajstić information content (AvgIpc) is 3.56. The van der Waals surface area contributed by atoms with Gasteiger partial charge >= 0.3 is 6.09 Å². The first-order valence-electron chi connectivity index (χ1n) is 13.2. The molecular formula is C28H34ClF2N5O5S3. The van der Waals surface area contributed by atoms with Crippen molar-refractivity contribution in [3.8, 4) is 0 Å². The van der Waals surface area contributed by atoms with Crippen molar-refractivity contribution < 1.29 is 31.5 Å². The maximum atomic E-state index is 15.5. The third-order valence-corrected chi connectivity index (χ3v) is 10.1. The van der Waals surface area contributed by atoms with Gasteiger partial charge in [-0.25, -0.2) is 41.7 Å². The van der Waals surface area contributed by atoms with Gasteiger partial charge in [-0.15, -0.1) is 15.6 Å². The van der Waals surface area contributed by atoms with Crippen LogP contribution in [0, 0.1) is 11.6 Å². The van der Waals surface area contributed by atoms with Gasteiger partial charge in [-0.3, -0.25) is 0 Å². The van der Waals surface area contributed by atoms with Crippen molar-refractivity contribution in [2.45, 2.75) is 44.5 Å². The molecule has 0 saturated heterocycles. The number of anilines is 2. The lowest BCUT2D eigenvalue weighted by atomic mass is 10.1. The topological polar surface area (TPSA) is 116 Å². The van der Waals surface area contributed by atoms with Gasteiger partial charge in [0.15, 0.2) is 5.82 Å². The molecule has 4 aromatic rings. The van der Waals surface area contributed by atoms with E-state index in [9.17, 15) is 13.2 Å². The Hall–Kier alpha value is -2.98. The number of ether oxygens (including phenoxy) is 2. The van der Waals surface area contributed by atoms with Gasteiger partial charge in [-0.05, 0) is 63.8 Å². The molecule has 0 aliphatic carbocycles. The molecule has 0 aliphatic heterocycles. The first kappa shape index (κ1) is 33.9. The number of halogens is 3. The molecule has 2 aromatic heterocycles. The fraction of sp³-hybridized carbons (Fsp3) is 0.393. The van der Waals surface area contributed by atoms with Crippen molar-refractivity contribution in [3.63, 3.8) is 0 Å². The number of carbonyl (C=O) groups is 1. The zero-order valence-corrected chi connectivity index (χ0v) is 28.3. The third-order valence-electron chi connectivity index (χ3n) is 6.09. The normalized spacial score (nSPS) is 12.8. The van der Waals surface area contributed by atoms with Crippen molar-refractivity contribution in [1.29, 1.82) is 0 Å². The van der Waals surface area contributed by atoms with E-state index in [-0.39, 0.29) is 35.4 Å². The Balaban J connectivity index is 1.61. The minimum Gasteiger partial charge on any atom is -0.443 e. The summed E-state index contributed by atoms with van der Waals surface area (Å²) in [5, 5.41) is 9.04. The van der Waals surface area contributed by atoms with Crippen molar-refractivity contribution in [2.24, 2.45) is 0 Å². The lowest BCUT2D eigenvalue weighted by Gasteiger charge is -2.26. The summed E-state index contributed by atoms with van der Waals surface area (Å²) in [7, 11) is -5.60. The number of hydrogen-bond acceptors (Lipinski definition) is 9. The summed E-state index contributed by atoms with van der Waals surface area (Å²) in [6.07, 6.45) is 6.90. The third kappa shape index (κ3) is 7.99. The van der Waals surface area contributed by atoms with Gasteiger partial charge < -0.3 is 14.8 Å². The Morgan fingerprint density at radius 1 is 1.16 bits per heavy atom. The van der Waals surface area contributed by atoms with Crippen LogP contribution in [0.15, 0.2) is 46.2 Å². The van der Waals surface area contributed by atoms with Crippen LogP contribution in [0.5, 0.6) is 0 Å². The first-order chi connectivity index (χ1) is 20.5. The molecule has 1 N–H and O–H groups in total. The predicted octanol–water partition coefficient (Wildman–Crippen LogP) is 6.84. The van der Waals surface area contributed by atoms with Crippen molar-refractivity contribution in [1.82, 2.24) is 14.8 Å². The molecule has 0 saturated carbocycles. The molecule has 0 bridgehead atoms. The Morgan fingerprint density at radius 3 is 2.52 bits per heavy atom. The average molecular weight is 690 g/mol. The van der Waals surface area contributed by atoms with Gasteiger partial charge in [0.05, 0.1) is 34.5 Å². The van der Waals surface area contributed by atoms with E-state index in [1.807, 2.05) is 0 Å². The molecule has 2 aromatic carbocycles. The summed E-state index contributed by atoms with van der Waals surface area (Å²) in [6.45, 7) is 5.20. The second-order valence-electron chi connectivity index (χ2n) is 11.7. The summed E-state index contributed by atoms with van der Waals surface area (Å²) >= 11 is 7.45. The standard InChI is InChI=1S/C28H34ClF2N5O5S3/c1-28(2,3)41-27(37)36(25-15-42-16-33-25)44(38,39)24-11-20(29)23(12-22(24)31)32-14-19-21(30)8-7-18-13-34-35(26(18)19)17-40-9-10-43(4,5)6/h7-8,11-13,15-16,32H,9-10,14,17H2,1-6H3. The number of amides is 1. The van der Waals surface area contributed by atoms with Crippen LogP contribution in [-0.4, -0.2) is 66.0 Å². The number of hydrogen-bond donors (Lipinski definition) is 1. The van der Waals surface area contributed by atoms with Crippen LogP contribution in [0.25, 0.3) is 10.9 Å².